The van der Waals surface area contributed by atoms with E-state index in [0.29, 0.717) is 38.7 Å². The molecule has 1 rings (SSSR count). The summed E-state index contributed by atoms with van der Waals surface area (Å²) in [6.45, 7) is 9.04. The van der Waals surface area contributed by atoms with Crippen molar-refractivity contribution in [1.29, 1.82) is 0 Å². The molecule has 0 bridgehead atoms. The van der Waals surface area contributed by atoms with Crippen molar-refractivity contribution in [3.05, 3.63) is 18.5 Å². The van der Waals surface area contributed by atoms with Crippen LogP contribution >= 0.6 is 0 Å². The van der Waals surface area contributed by atoms with Gasteiger partial charge in [-0.3, -0.25) is 0 Å². The highest BCUT2D eigenvalue weighted by atomic mass is 16.6. The minimum absolute atomic E-state index is 0.0402. The Morgan fingerprint density at radius 1 is 1.00 bits per heavy atom. The summed E-state index contributed by atoms with van der Waals surface area (Å²) in [5.41, 5.74) is 0. The van der Waals surface area contributed by atoms with Gasteiger partial charge in [0.2, 0.25) is 0 Å². The number of rotatable bonds is 16. The number of carbonyl (C=O) groups excluding carboxylic acids is 1. The van der Waals surface area contributed by atoms with Crippen molar-refractivity contribution in [3.8, 4) is 0 Å². The van der Waals surface area contributed by atoms with E-state index in [1.807, 2.05) is 13.8 Å². The summed E-state index contributed by atoms with van der Waals surface area (Å²) in [4.78, 5) is 23.5. The van der Waals surface area contributed by atoms with Crippen LogP contribution in [-0.2, 0) is 25.5 Å². The van der Waals surface area contributed by atoms with Crippen molar-refractivity contribution in [2.24, 2.45) is 0 Å². The summed E-state index contributed by atoms with van der Waals surface area (Å²) in [5.74, 6) is 0.470. The summed E-state index contributed by atoms with van der Waals surface area (Å²) in [6.07, 6.45) is 5.53. The fourth-order valence-corrected chi connectivity index (χ4v) is 2.14. The van der Waals surface area contributed by atoms with E-state index in [-0.39, 0.29) is 18.8 Å². The molecule has 0 saturated heterocycles. The molecular formula is C19H34N4O5. The van der Waals surface area contributed by atoms with Crippen molar-refractivity contribution < 1.29 is 23.7 Å². The molecule has 1 amide bonds. The second-order valence-electron chi connectivity index (χ2n) is 6.25. The lowest BCUT2D eigenvalue weighted by molar-refractivity contribution is -0.0603. The first kappa shape index (κ1) is 24.2. The third kappa shape index (κ3) is 11.8. The molecular weight excluding hydrogens is 364 g/mol. The topological polar surface area (TPSA) is 105 Å². The van der Waals surface area contributed by atoms with Crippen LogP contribution in [0, 0.1) is 0 Å². The number of amides is 1. The molecule has 0 saturated carbocycles. The lowest BCUT2D eigenvalue weighted by Gasteiger charge is -2.21. The fraction of sp³-hybridized carbons (Fsp3) is 0.789. The van der Waals surface area contributed by atoms with Crippen LogP contribution in [-0.4, -0.2) is 66.3 Å². The second-order valence-corrected chi connectivity index (χ2v) is 6.25. The third-order valence-electron chi connectivity index (χ3n) is 3.96. The van der Waals surface area contributed by atoms with E-state index >= 15 is 0 Å². The van der Waals surface area contributed by atoms with Gasteiger partial charge in [0.15, 0.2) is 5.82 Å². The Bertz CT molecular complexity index is 506. The molecule has 0 aliphatic carbocycles. The Hall–Kier alpha value is -1.84. The zero-order valence-electron chi connectivity index (χ0n) is 17.3. The molecule has 2 unspecified atom stereocenters. The number of nitrogens with zero attached hydrogens (tertiary/aromatic N) is 3. The Labute approximate surface area is 167 Å². The van der Waals surface area contributed by atoms with Crippen LogP contribution in [0.3, 0.4) is 0 Å². The van der Waals surface area contributed by atoms with Crippen molar-refractivity contribution in [1.82, 2.24) is 20.3 Å². The number of hydrogen-bond donors (Lipinski definition) is 1. The predicted octanol–water partition coefficient (Wildman–Crippen LogP) is 2.50. The molecule has 0 radical (unpaired) electrons. The molecule has 0 spiro atoms. The van der Waals surface area contributed by atoms with Crippen LogP contribution in [0.4, 0.5) is 4.79 Å². The number of alkyl carbamates (subject to hydrolysis) is 1. The van der Waals surface area contributed by atoms with Gasteiger partial charge in [-0.25, -0.2) is 19.7 Å². The second kappa shape index (κ2) is 16.1. The number of hydrogen-bond acceptors (Lipinski definition) is 8. The summed E-state index contributed by atoms with van der Waals surface area (Å²) >= 11 is 0. The zero-order valence-corrected chi connectivity index (χ0v) is 17.3. The lowest BCUT2D eigenvalue weighted by atomic mass is 10.2. The highest BCUT2D eigenvalue weighted by molar-refractivity contribution is 5.67. The van der Waals surface area contributed by atoms with Crippen LogP contribution in [0.25, 0.3) is 0 Å². The molecule has 160 valence electrons. The quantitative estimate of drug-likeness (QED) is 0.424. The largest absolute Gasteiger partial charge is 0.444 e. The Morgan fingerprint density at radius 2 is 1.71 bits per heavy atom. The molecule has 28 heavy (non-hydrogen) atoms. The zero-order chi connectivity index (χ0) is 20.5. The molecule has 0 fully saturated rings. The maximum atomic E-state index is 11.9. The first-order valence-corrected chi connectivity index (χ1v) is 10.0. The molecule has 9 heteroatoms. The van der Waals surface area contributed by atoms with E-state index < -0.39 is 6.09 Å². The van der Waals surface area contributed by atoms with Gasteiger partial charge in [-0.05, 0) is 19.3 Å². The Morgan fingerprint density at radius 3 is 2.39 bits per heavy atom. The molecule has 0 aliphatic rings. The molecule has 0 aromatic carbocycles. The van der Waals surface area contributed by atoms with Crippen LogP contribution in [0.15, 0.2) is 12.7 Å². The van der Waals surface area contributed by atoms with Crippen LogP contribution in [0.5, 0.6) is 0 Å². The van der Waals surface area contributed by atoms with E-state index in [4.69, 9.17) is 18.9 Å². The predicted molar refractivity (Wildman–Crippen MR) is 104 cm³/mol. The van der Waals surface area contributed by atoms with E-state index in [1.165, 1.54) is 12.7 Å². The van der Waals surface area contributed by atoms with Crippen LogP contribution < -0.4 is 5.32 Å². The normalized spacial score (nSPS) is 13.1. The molecule has 0 aliphatic heterocycles. The fourth-order valence-electron chi connectivity index (χ4n) is 2.14. The van der Waals surface area contributed by atoms with Crippen LogP contribution in [0.2, 0.25) is 0 Å². The SMILES string of the molecule is CCCCOCCOCC(CC)OCC(CC)OC(=O)NCc1ncncn1. The molecule has 1 aromatic rings. The van der Waals surface area contributed by atoms with Gasteiger partial charge < -0.3 is 24.3 Å². The van der Waals surface area contributed by atoms with Crippen LogP contribution in [0.1, 0.15) is 52.3 Å². The summed E-state index contributed by atoms with van der Waals surface area (Å²) in [7, 11) is 0. The smallest absolute Gasteiger partial charge is 0.407 e. The highest BCUT2D eigenvalue weighted by Gasteiger charge is 2.16. The Balaban J connectivity index is 2.18. The van der Waals surface area contributed by atoms with Crippen molar-refractivity contribution in [2.75, 3.05) is 33.0 Å². The lowest BCUT2D eigenvalue weighted by Crippen LogP contribution is -2.33. The summed E-state index contributed by atoms with van der Waals surface area (Å²) in [6, 6.07) is 0. The monoisotopic (exact) mass is 398 g/mol. The van der Waals surface area contributed by atoms with Gasteiger partial charge in [0, 0.05) is 6.61 Å². The first-order valence-electron chi connectivity index (χ1n) is 10.0. The molecule has 1 heterocycles. The number of nitrogens with one attached hydrogen (secondary N) is 1. The van der Waals surface area contributed by atoms with Crippen molar-refractivity contribution >= 4 is 6.09 Å². The number of unbranched alkanes of at least 4 members (excludes halogenated alkanes) is 1. The molecule has 2 atom stereocenters. The van der Waals surface area contributed by atoms with Gasteiger partial charge in [0.25, 0.3) is 0 Å². The van der Waals surface area contributed by atoms with Gasteiger partial charge in [0.05, 0.1) is 39.1 Å². The van der Waals surface area contributed by atoms with E-state index in [9.17, 15) is 4.79 Å². The maximum absolute atomic E-state index is 11.9. The number of aromatic nitrogens is 3. The molecule has 9 nitrogen and oxygen atoms in total. The minimum atomic E-state index is -0.524. The van der Waals surface area contributed by atoms with Gasteiger partial charge in [0.1, 0.15) is 18.8 Å². The van der Waals surface area contributed by atoms with Gasteiger partial charge >= 0.3 is 6.09 Å². The number of carbonyl (C=O) groups is 1. The van der Waals surface area contributed by atoms with Gasteiger partial charge in [-0.2, -0.15) is 0 Å². The maximum Gasteiger partial charge on any atom is 0.407 e. The minimum Gasteiger partial charge on any atom is -0.444 e. The third-order valence-corrected chi connectivity index (χ3v) is 3.96. The van der Waals surface area contributed by atoms with Crippen molar-refractivity contribution in [2.45, 2.75) is 65.2 Å². The van der Waals surface area contributed by atoms with E-state index in [1.54, 1.807) is 0 Å². The molecule has 1 aromatic heterocycles. The average Bonchev–Trinajstić information content (AvgIpc) is 2.73. The van der Waals surface area contributed by atoms with E-state index in [0.717, 1.165) is 25.9 Å². The van der Waals surface area contributed by atoms with Crippen molar-refractivity contribution in [3.63, 3.8) is 0 Å². The van der Waals surface area contributed by atoms with Gasteiger partial charge in [-0.1, -0.05) is 27.2 Å². The summed E-state index contributed by atoms with van der Waals surface area (Å²) in [5, 5.41) is 2.62. The first-order chi connectivity index (χ1) is 13.7. The number of ether oxygens (including phenoxy) is 4. The highest BCUT2D eigenvalue weighted by Crippen LogP contribution is 2.05. The standard InChI is InChI=1S/C19H34N4O5/c1-4-7-8-25-9-10-26-12-16(5-2)27-13-17(6-3)28-19(24)21-11-18-22-14-20-15-23-18/h14-17H,4-13H2,1-3H3,(H,21,24). The summed E-state index contributed by atoms with van der Waals surface area (Å²) < 4.78 is 22.3. The Kier molecular flexibility index (Phi) is 14.0. The van der Waals surface area contributed by atoms with Gasteiger partial charge in [-0.15, -0.1) is 0 Å². The average molecular weight is 399 g/mol. The molecule has 1 N–H and O–H groups in total. The van der Waals surface area contributed by atoms with E-state index in [2.05, 4.69) is 27.2 Å².